The minimum Gasteiger partial charge on any atom is -0.368 e. The predicted molar refractivity (Wildman–Crippen MR) is 61.8 cm³/mol. The van der Waals surface area contributed by atoms with Crippen LogP contribution in [0.1, 0.15) is 5.56 Å². The Labute approximate surface area is 93.0 Å². The molecule has 84 valence electrons. The van der Waals surface area contributed by atoms with E-state index in [1.54, 1.807) is 13.2 Å². The van der Waals surface area contributed by atoms with Gasteiger partial charge in [-0.1, -0.05) is 12.1 Å². The van der Waals surface area contributed by atoms with Gasteiger partial charge in [0.15, 0.2) is 0 Å². The van der Waals surface area contributed by atoms with Crippen LogP contribution in [0.2, 0.25) is 0 Å². The van der Waals surface area contributed by atoms with Crippen molar-refractivity contribution in [3.63, 3.8) is 0 Å². The number of primary amides is 1. The molecule has 5 heteroatoms. The number of amides is 1. The topological polar surface area (TPSA) is 83.8 Å². The highest BCUT2D eigenvalue weighted by molar-refractivity contribution is 5.81. The quantitative estimate of drug-likeness (QED) is 0.684. The Balaban J connectivity index is 2.23. The molecule has 1 heterocycles. The van der Waals surface area contributed by atoms with Crippen LogP contribution in [0, 0.1) is 0 Å². The number of carbonyl (C=O) groups is 1. The number of H-pyrrole nitrogens is 1. The lowest BCUT2D eigenvalue weighted by molar-refractivity contribution is -0.119. The average Bonchev–Trinajstić information content (AvgIpc) is 2.72. The van der Waals surface area contributed by atoms with Gasteiger partial charge in [0, 0.05) is 5.39 Å². The highest BCUT2D eigenvalue weighted by Crippen LogP contribution is 2.13. The summed E-state index contributed by atoms with van der Waals surface area (Å²) in [5.74, 6) is -0.341. The highest BCUT2D eigenvalue weighted by Gasteiger charge is 2.13. The summed E-state index contributed by atoms with van der Waals surface area (Å²) in [7, 11) is 1.73. The molecule has 16 heavy (non-hydrogen) atoms. The number of nitrogens with zero attached hydrogens (tertiary/aromatic N) is 1. The lowest BCUT2D eigenvalue weighted by atomic mass is 10.0. The van der Waals surface area contributed by atoms with Crippen molar-refractivity contribution in [2.45, 2.75) is 12.5 Å². The maximum Gasteiger partial charge on any atom is 0.234 e. The van der Waals surface area contributed by atoms with E-state index < -0.39 is 0 Å². The van der Waals surface area contributed by atoms with Crippen molar-refractivity contribution in [2.75, 3.05) is 7.05 Å². The molecule has 1 unspecified atom stereocenters. The molecule has 2 aromatic rings. The molecule has 1 aromatic carbocycles. The van der Waals surface area contributed by atoms with E-state index in [1.165, 1.54) is 0 Å². The van der Waals surface area contributed by atoms with Gasteiger partial charge in [-0.15, -0.1) is 0 Å². The van der Waals surface area contributed by atoms with E-state index in [-0.39, 0.29) is 11.9 Å². The summed E-state index contributed by atoms with van der Waals surface area (Å²) in [6.45, 7) is 0. The minimum absolute atomic E-state index is 0.333. The molecule has 5 nitrogen and oxygen atoms in total. The van der Waals surface area contributed by atoms with E-state index in [9.17, 15) is 4.79 Å². The fourth-order valence-corrected chi connectivity index (χ4v) is 1.69. The molecule has 1 aromatic heterocycles. The van der Waals surface area contributed by atoms with Crippen molar-refractivity contribution in [1.82, 2.24) is 15.5 Å². The van der Waals surface area contributed by atoms with E-state index in [0.29, 0.717) is 6.42 Å². The second-order valence-corrected chi connectivity index (χ2v) is 3.74. The van der Waals surface area contributed by atoms with Crippen LogP contribution in [0.5, 0.6) is 0 Å². The van der Waals surface area contributed by atoms with Crippen LogP contribution in [0.3, 0.4) is 0 Å². The van der Waals surface area contributed by atoms with Gasteiger partial charge in [-0.3, -0.25) is 9.89 Å². The van der Waals surface area contributed by atoms with Gasteiger partial charge in [0.25, 0.3) is 0 Å². The summed E-state index contributed by atoms with van der Waals surface area (Å²) in [5.41, 5.74) is 7.29. The fourth-order valence-electron chi connectivity index (χ4n) is 1.69. The molecule has 1 amide bonds. The van der Waals surface area contributed by atoms with E-state index in [4.69, 9.17) is 5.73 Å². The molecule has 0 aliphatic rings. The normalized spacial score (nSPS) is 12.8. The van der Waals surface area contributed by atoms with Crippen molar-refractivity contribution in [3.8, 4) is 0 Å². The number of benzene rings is 1. The molecule has 0 saturated carbocycles. The molecule has 0 spiro atoms. The number of rotatable bonds is 4. The number of carbonyl (C=O) groups excluding carboxylic acids is 1. The third kappa shape index (κ3) is 2.04. The summed E-state index contributed by atoms with van der Waals surface area (Å²) in [6.07, 6.45) is 2.35. The summed E-state index contributed by atoms with van der Waals surface area (Å²) < 4.78 is 0. The van der Waals surface area contributed by atoms with Gasteiger partial charge in [0.2, 0.25) is 5.91 Å². The van der Waals surface area contributed by atoms with Crippen molar-refractivity contribution in [2.24, 2.45) is 5.73 Å². The second-order valence-electron chi connectivity index (χ2n) is 3.74. The monoisotopic (exact) mass is 218 g/mol. The zero-order valence-corrected chi connectivity index (χ0v) is 9.03. The number of likely N-dealkylation sites (N-methyl/N-ethyl adjacent to an activating group) is 1. The van der Waals surface area contributed by atoms with Gasteiger partial charge in [0.05, 0.1) is 17.8 Å². The Kier molecular flexibility index (Phi) is 2.87. The smallest absolute Gasteiger partial charge is 0.234 e. The first-order valence-electron chi connectivity index (χ1n) is 5.09. The SMILES string of the molecule is CNC(Cc1ccc2cn[nH]c2c1)C(N)=O. The maximum atomic E-state index is 11.1. The summed E-state index contributed by atoms with van der Waals surface area (Å²) in [5, 5.41) is 10.8. The number of hydrogen-bond donors (Lipinski definition) is 3. The van der Waals surface area contributed by atoms with Crippen LogP contribution < -0.4 is 11.1 Å². The highest BCUT2D eigenvalue weighted by atomic mass is 16.1. The molecule has 4 N–H and O–H groups in total. The van der Waals surface area contributed by atoms with Crippen molar-refractivity contribution < 1.29 is 4.79 Å². The van der Waals surface area contributed by atoms with Crippen LogP contribution in [-0.4, -0.2) is 29.2 Å². The fraction of sp³-hybridized carbons (Fsp3) is 0.273. The van der Waals surface area contributed by atoms with E-state index >= 15 is 0 Å². The largest absolute Gasteiger partial charge is 0.368 e. The summed E-state index contributed by atoms with van der Waals surface area (Å²) in [4.78, 5) is 11.1. The first-order valence-corrected chi connectivity index (χ1v) is 5.09. The van der Waals surface area contributed by atoms with Crippen molar-refractivity contribution in [1.29, 1.82) is 0 Å². The van der Waals surface area contributed by atoms with Gasteiger partial charge in [-0.2, -0.15) is 5.10 Å². The third-order valence-electron chi connectivity index (χ3n) is 2.64. The predicted octanol–water partition coefficient (Wildman–Crippen LogP) is 0.179. The zero-order chi connectivity index (χ0) is 11.5. The van der Waals surface area contributed by atoms with Gasteiger partial charge < -0.3 is 11.1 Å². The van der Waals surface area contributed by atoms with Crippen LogP contribution in [0.4, 0.5) is 0 Å². The Morgan fingerprint density at radius 3 is 3.12 bits per heavy atom. The molecule has 0 bridgehead atoms. The van der Waals surface area contributed by atoms with Crippen molar-refractivity contribution in [3.05, 3.63) is 30.0 Å². The van der Waals surface area contributed by atoms with E-state index in [1.807, 2.05) is 18.2 Å². The average molecular weight is 218 g/mol. The maximum absolute atomic E-state index is 11.1. The lowest BCUT2D eigenvalue weighted by Gasteiger charge is -2.11. The number of fused-ring (bicyclic) bond motifs is 1. The van der Waals surface area contributed by atoms with Gasteiger partial charge in [-0.25, -0.2) is 0 Å². The standard InChI is InChI=1S/C11H14N4O/c1-13-10(11(12)16)5-7-2-3-8-6-14-15-9(8)4-7/h2-4,6,10,13H,5H2,1H3,(H2,12,16)(H,14,15). The Bertz CT molecular complexity index is 505. The number of aromatic nitrogens is 2. The number of nitrogens with one attached hydrogen (secondary N) is 2. The molecule has 2 rings (SSSR count). The van der Waals surface area contributed by atoms with Crippen LogP contribution >= 0.6 is 0 Å². The van der Waals surface area contributed by atoms with Crippen LogP contribution in [0.15, 0.2) is 24.4 Å². The Morgan fingerprint density at radius 2 is 2.44 bits per heavy atom. The van der Waals surface area contributed by atoms with Gasteiger partial charge in [0.1, 0.15) is 0 Å². The van der Waals surface area contributed by atoms with E-state index in [0.717, 1.165) is 16.5 Å². The molecular formula is C11H14N4O. The summed E-state index contributed by atoms with van der Waals surface area (Å²) in [6, 6.07) is 5.60. The Morgan fingerprint density at radius 1 is 1.62 bits per heavy atom. The first-order chi connectivity index (χ1) is 7.70. The molecular weight excluding hydrogens is 204 g/mol. The van der Waals surface area contributed by atoms with Gasteiger partial charge >= 0.3 is 0 Å². The molecule has 0 aliphatic heterocycles. The number of nitrogens with two attached hydrogens (primary N) is 1. The van der Waals surface area contributed by atoms with Crippen LogP contribution in [-0.2, 0) is 11.2 Å². The summed E-state index contributed by atoms with van der Waals surface area (Å²) >= 11 is 0. The van der Waals surface area contributed by atoms with Gasteiger partial charge in [-0.05, 0) is 25.1 Å². The van der Waals surface area contributed by atoms with Crippen LogP contribution in [0.25, 0.3) is 10.9 Å². The third-order valence-corrected chi connectivity index (χ3v) is 2.64. The molecule has 0 fully saturated rings. The zero-order valence-electron chi connectivity index (χ0n) is 9.03. The molecule has 0 radical (unpaired) electrons. The minimum atomic E-state index is -0.341. The lowest BCUT2D eigenvalue weighted by Crippen LogP contribution is -2.40. The number of aromatic amines is 1. The molecule has 1 atom stereocenters. The van der Waals surface area contributed by atoms with Crippen molar-refractivity contribution >= 4 is 16.8 Å². The first kappa shape index (κ1) is 10.6. The molecule has 0 aliphatic carbocycles. The Hall–Kier alpha value is -1.88. The molecule has 0 saturated heterocycles. The number of hydrogen-bond acceptors (Lipinski definition) is 3. The second kappa shape index (κ2) is 4.32. The van der Waals surface area contributed by atoms with E-state index in [2.05, 4.69) is 15.5 Å².